The lowest BCUT2D eigenvalue weighted by Gasteiger charge is -2.12. The summed E-state index contributed by atoms with van der Waals surface area (Å²) in [5.41, 5.74) is 8.07. The fourth-order valence-corrected chi connectivity index (χ4v) is 6.63. The van der Waals surface area contributed by atoms with E-state index in [4.69, 9.17) is 9.40 Å². The van der Waals surface area contributed by atoms with Crippen molar-refractivity contribution in [3.8, 4) is 33.5 Å². The van der Waals surface area contributed by atoms with Crippen molar-refractivity contribution in [3.05, 3.63) is 152 Å². The van der Waals surface area contributed by atoms with Crippen molar-refractivity contribution in [2.24, 2.45) is 0 Å². The Morgan fingerprint density at radius 2 is 0.907 bits per heavy atom. The molecule has 0 fully saturated rings. The van der Waals surface area contributed by atoms with Gasteiger partial charge >= 0.3 is 0 Å². The predicted octanol–water partition coefficient (Wildman–Crippen LogP) is 11.4. The minimum Gasteiger partial charge on any atom is -0.437 e. The molecule has 0 amide bonds. The smallest absolute Gasteiger partial charge is 0.227 e. The molecule has 0 N–H and O–H groups in total. The number of pyridine rings is 1. The van der Waals surface area contributed by atoms with E-state index in [9.17, 15) is 0 Å². The molecule has 2 nitrogen and oxygen atoms in total. The van der Waals surface area contributed by atoms with Crippen LogP contribution >= 0.6 is 0 Å². The molecule has 7 aromatic carbocycles. The fourth-order valence-electron chi connectivity index (χ4n) is 6.63. The second-order valence-corrected chi connectivity index (χ2v) is 11.1. The van der Waals surface area contributed by atoms with Gasteiger partial charge in [-0.3, -0.25) is 0 Å². The zero-order valence-electron chi connectivity index (χ0n) is 23.3. The molecule has 0 saturated heterocycles. The Morgan fingerprint density at radius 3 is 1.67 bits per heavy atom. The highest BCUT2D eigenvalue weighted by molar-refractivity contribution is 6.25. The summed E-state index contributed by atoms with van der Waals surface area (Å²) in [5, 5.41) is 9.82. The number of rotatable bonds is 3. The standard InChI is InChI=1S/C41H25NO/c1-2-10-26(11-3-1)39-23-22-37-36-19-9-18-30(40(36)43-41(37)42-39)29-13-8-12-27(24-29)28-20-21-35-33-16-5-4-14-31(33)32-15-6-7-17-34(32)38(35)25-28/h1-25H. The van der Waals surface area contributed by atoms with Crippen LogP contribution in [-0.2, 0) is 0 Å². The first-order valence-corrected chi connectivity index (χ1v) is 14.6. The van der Waals surface area contributed by atoms with Gasteiger partial charge < -0.3 is 4.42 Å². The van der Waals surface area contributed by atoms with Crippen LogP contribution in [0.15, 0.2) is 156 Å². The van der Waals surface area contributed by atoms with Crippen molar-refractivity contribution in [2.45, 2.75) is 0 Å². The molecule has 0 spiro atoms. The van der Waals surface area contributed by atoms with Gasteiger partial charge in [0, 0.05) is 21.9 Å². The minimum atomic E-state index is 0.661. The molecular weight excluding hydrogens is 522 g/mol. The predicted molar refractivity (Wildman–Crippen MR) is 180 cm³/mol. The van der Waals surface area contributed by atoms with E-state index >= 15 is 0 Å². The van der Waals surface area contributed by atoms with Gasteiger partial charge in [-0.2, -0.15) is 0 Å². The maximum Gasteiger partial charge on any atom is 0.227 e. The van der Waals surface area contributed by atoms with Crippen LogP contribution in [0.4, 0.5) is 0 Å². The molecule has 0 aliphatic carbocycles. The third-order valence-electron chi connectivity index (χ3n) is 8.68. The summed E-state index contributed by atoms with van der Waals surface area (Å²) >= 11 is 0. The number of para-hydroxylation sites is 1. The Labute approximate surface area is 248 Å². The molecule has 2 heterocycles. The third-order valence-corrected chi connectivity index (χ3v) is 8.68. The van der Waals surface area contributed by atoms with E-state index in [1.165, 1.54) is 43.4 Å². The van der Waals surface area contributed by atoms with Gasteiger partial charge in [0.15, 0.2) is 0 Å². The summed E-state index contributed by atoms with van der Waals surface area (Å²) in [6.45, 7) is 0. The number of nitrogens with zero attached hydrogens (tertiary/aromatic N) is 1. The molecule has 9 rings (SSSR count). The summed E-state index contributed by atoms with van der Waals surface area (Å²) in [7, 11) is 0. The van der Waals surface area contributed by atoms with E-state index in [1.807, 2.05) is 18.2 Å². The SMILES string of the molecule is c1ccc(-c2ccc3c(n2)oc2c(-c4cccc(-c5ccc6c7ccccc7c7ccccc7c6c5)c4)cccc23)cc1. The lowest BCUT2D eigenvalue weighted by Crippen LogP contribution is -1.86. The molecule has 2 aromatic heterocycles. The van der Waals surface area contributed by atoms with Crippen molar-refractivity contribution in [1.29, 1.82) is 0 Å². The minimum absolute atomic E-state index is 0.661. The second-order valence-electron chi connectivity index (χ2n) is 11.1. The van der Waals surface area contributed by atoms with E-state index in [1.54, 1.807) is 0 Å². The largest absolute Gasteiger partial charge is 0.437 e. The number of furan rings is 1. The fraction of sp³-hybridized carbons (Fsp3) is 0. The Kier molecular flexibility index (Phi) is 5.23. The molecule has 0 unspecified atom stereocenters. The van der Waals surface area contributed by atoms with E-state index in [0.29, 0.717) is 5.71 Å². The Hall–Kier alpha value is -5.73. The van der Waals surface area contributed by atoms with E-state index < -0.39 is 0 Å². The summed E-state index contributed by atoms with van der Waals surface area (Å²) < 4.78 is 6.48. The number of aromatic nitrogens is 1. The number of hydrogen-bond acceptors (Lipinski definition) is 2. The maximum absolute atomic E-state index is 6.48. The van der Waals surface area contributed by atoms with Gasteiger partial charge in [-0.25, -0.2) is 4.98 Å². The molecule has 0 bridgehead atoms. The number of hydrogen-bond donors (Lipinski definition) is 0. The molecule has 2 heteroatoms. The third kappa shape index (κ3) is 3.77. The number of benzene rings is 7. The second kappa shape index (κ2) is 9.40. The first-order chi connectivity index (χ1) is 21.3. The quantitative estimate of drug-likeness (QED) is 0.206. The maximum atomic E-state index is 6.48. The molecular formula is C41H25NO. The van der Waals surface area contributed by atoms with Gasteiger partial charge in [0.05, 0.1) is 5.69 Å². The van der Waals surface area contributed by atoms with Crippen molar-refractivity contribution in [1.82, 2.24) is 4.98 Å². The first kappa shape index (κ1) is 23.9. The lowest BCUT2D eigenvalue weighted by molar-refractivity contribution is 0.655. The molecule has 0 aliphatic rings. The van der Waals surface area contributed by atoms with Gasteiger partial charge in [0.2, 0.25) is 5.71 Å². The van der Waals surface area contributed by atoms with Crippen molar-refractivity contribution in [3.63, 3.8) is 0 Å². The van der Waals surface area contributed by atoms with Crippen LogP contribution in [0.5, 0.6) is 0 Å². The first-order valence-electron chi connectivity index (χ1n) is 14.6. The van der Waals surface area contributed by atoms with Crippen LogP contribution < -0.4 is 0 Å². The molecule has 0 aliphatic heterocycles. The molecule has 9 aromatic rings. The topological polar surface area (TPSA) is 26.0 Å². The molecule has 200 valence electrons. The van der Waals surface area contributed by atoms with Crippen molar-refractivity contribution in [2.75, 3.05) is 0 Å². The average Bonchev–Trinajstić information content (AvgIpc) is 3.47. The van der Waals surface area contributed by atoms with Gasteiger partial charge in [0.25, 0.3) is 0 Å². The van der Waals surface area contributed by atoms with Gasteiger partial charge in [-0.1, -0.05) is 127 Å². The van der Waals surface area contributed by atoms with Crippen LogP contribution in [0.25, 0.3) is 87.9 Å². The zero-order chi connectivity index (χ0) is 28.3. The van der Waals surface area contributed by atoms with Crippen LogP contribution in [-0.4, -0.2) is 4.98 Å². The van der Waals surface area contributed by atoms with Crippen LogP contribution in [0.1, 0.15) is 0 Å². The van der Waals surface area contributed by atoms with E-state index in [-0.39, 0.29) is 0 Å². The van der Waals surface area contributed by atoms with Crippen LogP contribution in [0.3, 0.4) is 0 Å². The van der Waals surface area contributed by atoms with Gasteiger partial charge in [0.1, 0.15) is 5.58 Å². The molecule has 0 atom stereocenters. The summed E-state index contributed by atoms with van der Waals surface area (Å²) in [6, 6.07) is 53.9. The zero-order valence-corrected chi connectivity index (χ0v) is 23.3. The van der Waals surface area contributed by atoms with Gasteiger partial charge in [-0.15, -0.1) is 0 Å². The Bertz CT molecular complexity index is 2470. The Balaban J connectivity index is 1.20. The monoisotopic (exact) mass is 547 g/mol. The van der Waals surface area contributed by atoms with Crippen LogP contribution in [0.2, 0.25) is 0 Å². The molecule has 0 radical (unpaired) electrons. The highest BCUT2D eigenvalue weighted by Gasteiger charge is 2.15. The summed E-state index contributed by atoms with van der Waals surface area (Å²) in [4.78, 5) is 4.89. The summed E-state index contributed by atoms with van der Waals surface area (Å²) in [5.74, 6) is 0. The van der Waals surface area contributed by atoms with E-state index in [2.05, 4.69) is 133 Å². The molecule has 0 saturated carbocycles. The Morgan fingerprint density at radius 1 is 0.349 bits per heavy atom. The summed E-state index contributed by atoms with van der Waals surface area (Å²) in [6.07, 6.45) is 0. The lowest BCUT2D eigenvalue weighted by atomic mass is 9.91. The van der Waals surface area contributed by atoms with Crippen molar-refractivity contribution >= 4 is 54.4 Å². The average molecular weight is 548 g/mol. The van der Waals surface area contributed by atoms with Crippen LogP contribution in [0, 0.1) is 0 Å². The highest BCUT2D eigenvalue weighted by Crippen LogP contribution is 2.39. The number of fused-ring (bicyclic) bond motifs is 9. The normalized spacial score (nSPS) is 11.7. The van der Waals surface area contributed by atoms with E-state index in [0.717, 1.165) is 38.7 Å². The van der Waals surface area contributed by atoms with Crippen molar-refractivity contribution < 1.29 is 4.42 Å². The molecule has 43 heavy (non-hydrogen) atoms. The highest BCUT2D eigenvalue weighted by atomic mass is 16.3. The van der Waals surface area contributed by atoms with Gasteiger partial charge in [-0.05, 0) is 73.3 Å².